The Morgan fingerprint density at radius 3 is 2.21 bits per heavy atom. The molecule has 0 saturated carbocycles. The molecule has 0 aliphatic rings. The summed E-state index contributed by atoms with van der Waals surface area (Å²) in [4.78, 5) is 0. The van der Waals surface area contributed by atoms with Gasteiger partial charge in [-0.15, -0.1) is 0 Å². The Hall–Kier alpha value is -1.60. The van der Waals surface area contributed by atoms with Crippen molar-refractivity contribution in [2.24, 2.45) is 5.92 Å². The molecule has 0 fully saturated rings. The maximum atomic E-state index is 5.26. The summed E-state index contributed by atoms with van der Waals surface area (Å²) in [5.41, 5.74) is 6.64. The molecule has 1 rings (SSSR count). The summed E-state index contributed by atoms with van der Waals surface area (Å²) in [6.07, 6.45) is 3.52. The topological polar surface area (TPSA) is 57.4 Å². The fraction of sp³-hybridized carbons (Fsp3) is 0.529. The van der Waals surface area contributed by atoms with Crippen LogP contribution in [-0.4, -0.2) is 23.4 Å². The highest BCUT2D eigenvalue weighted by atomic mass is 32.1. The predicted molar refractivity (Wildman–Crippen MR) is 109 cm³/mol. The molecule has 1 atom stereocenters. The van der Waals surface area contributed by atoms with E-state index < -0.39 is 0 Å². The Labute approximate surface area is 155 Å². The molecule has 0 aliphatic heterocycles. The molecule has 0 heterocycles. The molecule has 0 radical (unpaired) electrons. The van der Waals surface area contributed by atoms with Crippen molar-refractivity contribution in [1.82, 2.24) is 16.2 Å². The minimum Gasteiger partial charge on any atom is -0.497 e. The number of anilines is 1. The van der Waals surface area contributed by atoms with Gasteiger partial charge in [-0.3, -0.25) is 10.9 Å². The van der Waals surface area contributed by atoms with Gasteiger partial charge >= 0.3 is 0 Å². The van der Waals surface area contributed by atoms with Gasteiger partial charge in [0, 0.05) is 11.7 Å². The summed E-state index contributed by atoms with van der Waals surface area (Å²) in [5.74, 6) is 1.54. The van der Waals surface area contributed by atoms with Gasteiger partial charge in [-0.2, -0.15) is 0 Å². The van der Waals surface area contributed by atoms with Gasteiger partial charge in [0.25, 0.3) is 0 Å². The van der Waals surface area contributed by atoms with Crippen LogP contribution in [0.25, 0.3) is 0 Å². The molecule has 5 nitrogen and oxygen atoms in total. The van der Waals surface area contributed by atoms with Crippen molar-refractivity contribution >= 4 is 40.3 Å². The molecular formula is C17H28N4OS2. The Balaban J connectivity index is 2.24. The maximum absolute atomic E-state index is 5.26. The van der Waals surface area contributed by atoms with E-state index in [4.69, 9.17) is 29.2 Å². The van der Waals surface area contributed by atoms with Crippen LogP contribution in [0.3, 0.4) is 0 Å². The van der Waals surface area contributed by atoms with Gasteiger partial charge in [-0.1, -0.05) is 26.7 Å². The molecule has 0 aromatic heterocycles. The number of methoxy groups -OCH3 is 1. The molecule has 1 aromatic carbocycles. The van der Waals surface area contributed by atoms with E-state index in [1.807, 2.05) is 24.3 Å². The Morgan fingerprint density at radius 1 is 1.00 bits per heavy atom. The highest BCUT2D eigenvalue weighted by molar-refractivity contribution is 7.80. The summed E-state index contributed by atoms with van der Waals surface area (Å²) < 4.78 is 5.12. The van der Waals surface area contributed by atoms with Gasteiger partial charge in [0.1, 0.15) is 5.75 Å². The molecular weight excluding hydrogens is 340 g/mol. The number of benzene rings is 1. The van der Waals surface area contributed by atoms with E-state index >= 15 is 0 Å². The normalized spacial score (nSPS) is 11.5. The lowest BCUT2D eigenvalue weighted by Gasteiger charge is -2.18. The van der Waals surface area contributed by atoms with Crippen molar-refractivity contribution < 1.29 is 4.74 Å². The standard InChI is InChI=1S/C17H28N4OS2/c1-12(2)6-5-7-13(3)18-16(23)20-21-17(24)19-14-8-10-15(22-4)11-9-14/h8-13H,5-7H2,1-4H3,(H2,18,20,23)(H2,19,21,24)/t13-/m1/s1. The first-order valence-electron chi connectivity index (χ1n) is 8.18. The summed E-state index contributed by atoms with van der Waals surface area (Å²) in [7, 11) is 1.64. The summed E-state index contributed by atoms with van der Waals surface area (Å²) in [6.45, 7) is 6.61. The van der Waals surface area contributed by atoms with Crippen LogP contribution in [0.4, 0.5) is 5.69 Å². The van der Waals surface area contributed by atoms with Crippen LogP contribution in [0.5, 0.6) is 5.75 Å². The van der Waals surface area contributed by atoms with Crippen molar-refractivity contribution in [2.75, 3.05) is 12.4 Å². The third-order valence-corrected chi connectivity index (χ3v) is 3.86. The molecule has 7 heteroatoms. The van der Waals surface area contributed by atoms with Gasteiger partial charge in [-0.05, 0) is 68.0 Å². The first kappa shape index (κ1) is 20.4. The van der Waals surface area contributed by atoms with E-state index in [2.05, 4.69) is 42.3 Å². The van der Waals surface area contributed by atoms with Crippen LogP contribution in [0.2, 0.25) is 0 Å². The van der Waals surface area contributed by atoms with Crippen LogP contribution in [-0.2, 0) is 0 Å². The van der Waals surface area contributed by atoms with E-state index in [1.165, 1.54) is 12.8 Å². The summed E-state index contributed by atoms with van der Waals surface area (Å²) in [5, 5.41) is 7.28. The number of rotatable bonds is 7. The minimum atomic E-state index is 0.327. The molecule has 24 heavy (non-hydrogen) atoms. The van der Waals surface area contributed by atoms with E-state index in [9.17, 15) is 0 Å². The van der Waals surface area contributed by atoms with Crippen LogP contribution >= 0.6 is 24.4 Å². The lowest BCUT2D eigenvalue weighted by molar-refractivity contribution is 0.415. The zero-order chi connectivity index (χ0) is 17.9. The Morgan fingerprint density at radius 2 is 1.62 bits per heavy atom. The summed E-state index contributed by atoms with van der Waals surface area (Å²) in [6, 6.07) is 7.83. The average Bonchev–Trinajstić information content (AvgIpc) is 2.53. The smallest absolute Gasteiger partial charge is 0.189 e. The lowest BCUT2D eigenvalue weighted by Crippen LogP contribution is -2.50. The number of hydrogen-bond donors (Lipinski definition) is 4. The summed E-state index contributed by atoms with van der Waals surface area (Å²) >= 11 is 10.5. The molecule has 4 N–H and O–H groups in total. The van der Waals surface area contributed by atoms with Crippen molar-refractivity contribution in [3.63, 3.8) is 0 Å². The first-order valence-corrected chi connectivity index (χ1v) is 9.00. The average molecular weight is 369 g/mol. The molecule has 0 amide bonds. The molecule has 0 unspecified atom stereocenters. The zero-order valence-corrected chi connectivity index (χ0v) is 16.4. The highest BCUT2D eigenvalue weighted by Gasteiger charge is 2.05. The monoisotopic (exact) mass is 368 g/mol. The van der Waals surface area contributed by atoms with Gasteiger partial charge < -0.3 is 15.4 Å². The van der Waals surface area contributed by atoms with Gasteiger partial charge in [0.05, 0.1) is 7.11 Å². The van der Waals surface area contributed by atoms with E-state index in [-0.39, 0.29) is 0 Å². The number of hydrazine groups is 1. The Bertz CT molecular complexity index is 520. The van der Waals surface area contributed by atoms with Crippen LogP contribution in [0, 0.1) is 5.92 Å². The van der Waals surface area contributed by atoms with Crippen LogP contribution < -0.4 is 26.2 Å². The quantitative estimate of drug-likeness (QED) is 0.433. The molecule has 0 aliphatic carbocycles. The number of ether oxygens (including phenoxy) is 1. The van der Waals surface area contributed by atoms with Crippen LogP contribution in [0.15, 0.2) is 24.3 Å². The van der Waals surface area contributed by atoms with Gasteiger partial charge in [0.15, 0.2) is 10.2 Å². The van der Waals surface area contributed by atoms with Crippen LogP contribution in [0.1, 0.15) is 40.0 Å². The van der Waals surface area contributed by atoms with Crippen molar-refractivity contribution in [3.8, 4) is 5.75 Å². The second-order valence-corrected chi connectivity index (χ2v) is 6.95. The SMILES string of the molecule is COc1ccc(NC(=S)NNC(=S)N[C@H](C)CCCC(C)C)cc1. The van der Waals surface area contributed by atoms with Crippen molar-refractivity contribution in [2.45, 2.75) is 46.1 Å². The third-order valence-electron chi connectivity index (χ3n) is 3.43. The van der Waals surface area contributed by atoms with Gasteiger partial charge in [-0.25, -0.2) is 0 Å². The lowest BCUT2D eigenvalue weighted by atomic mass is 10.0. The molecule has 1 aromatic rings. The number of hydrogen-bond acceptors (Lipinski definition) is 3. The minimum absolute atomic E-state index is 0.327. The van der Waals surface area contributed by atoms with E-state index in [0.717, 1.165) is 23.8 Å². The van der Waals surface area contributed by atoms with Gasteiger partial charge in [0.2, 0.25) is 0 Å². The Kier molecular flexibility index (Phi) is 9.41. The molecule has 134 valence electrons. The number of nitrogens with one attached hydrogen (secondary N) is 4. The third kappa shape index (κ3) is 8.88. The number of thiocarbonyl (C=S) groups is 2. The largest absolute Gasteiger partial charge is 0.497 e. The first-order chi connectivity index (χ1) is 11.4. The van der Waals surface area contributed by atoms with Crippen molar-refractivity contribution in [3.05, 3.63) is 24.3 Å². The zero-order valence-electron chi connectivity index (χ0n) is 14.8. The predicted octanol–water partition coefficient (Wildman–Crippen LogP) is 3.58. The van der Waals surface area contributed by atoms with E-state index in [1.54, 1.807) is 7.11 Å². The van der Waals surface area contributed by atoms with Crippen molar-refractivity contribution in [1.29, 1.82) is 0 Å². The molecule has 0 bridgehead atoms. The maximum Gasteiger partial charge on any atom is 0.189 e. The fourth-order valence-electron chi connectivity index (χ4n) is 2.11. The molecule has 0 saturated heterocycles. The second kappa shape index (κ2) is 11.0. The van der Waals surface area contributed by atoms with E-state index in [0.29, 0.717) is 16.3 Å². The highest BCUT2D eigenvalue weighted by Crippen LogP contribution is 2.14. The fourth-order valence-corrected chi connectivity index (χ4v) is 2.54. The molecule has 0 spiro atoms. The second-order valence-electron chi connectivity index (χ2n) is 6.13.